The van der Waals surface area contributed by atoms with E-state index < -0.39 is 0 Å². The molecule has 0 spiro atoms. The van der Waals surface area contributed by atoms with Gasteiger partial charge in [-0.1, -0.05) is 54.4 Å². The predicted octanol–water partition coefficient (Wildman–Crippen LogP) is 5.68. The molecule has 46 heavy (non-hydrogen) atoms. The second kappa shape index (κ2) is 15.0. The number of aliphatic imine (C=N–C) groups is 2. The average molecular weight is 631 g/mol. The van der Waals surface area contributed by atoms with Crippen LogP contribution in [-0.4, -0.2) is 60.9 Å². The Hall–Kier alpha value is -2.70. The Kier molecular flexibility index (Phi) is 11.3. The largest absolute Gasteiger partial charge is 0.507 e. The summed E-state index contributed by atoms with van der Waals surface area (Å²) in [5, 5.41) is 22.8. The third kappa shape index (κ3) is 9.01. The van der Waals surface area contributed by atoms with Gasteiger partial charge in [0.1, 0.15) is 24.6 Å². The van der Waals surface area contributed by atoms with Crippen molar-refractivity contribution in [2.75, 3.05) is 26.2 Å². The number of nitrogens with zero attached hydrogens (tertiary/aromatic N) is 2. The van der Waals surface area contributed by atoms with Gasteiger partial charge >= 0.3 is 0 Å². The molecule has 2 aliphatic heterocycles. The van der Waals surface area contributed by atoms with Crippen LogP contribution in [0.4, 0.5) is 0 Å². The van der Waals surface area contributed by atoms with Gasteiger partial charge in [0, 0.05) is 45.8 Å². The van der Waals surface area contributed by atoms with E-state index in [2.05, 4.69) is 65.8 Å². The average Bonchev–Trinajstić information content (AvgIpc) is 3.01. The molecule has 0 radical (unpaired) electrons. The maximum atomic E-state index is 11.4. The van der Waals surface area contributed by atoms with Crippen molar-refractivity contribution in [3.8, 4) is 11.5 Å². The maximum Gasteiger partial charge on any atom is 0.128 e. The van der Waals surface area contributed by atoms with Gasteiger partial charge < -0.3 is 20.0 Å². The number of benzene rings is 2. The molecule has 0 amide bonds. The fourth-order valence-electron chi connectivity index (χ4n) is 7.81. The van der Waals surface area contributed by atoms with E-state index >= 15 is 0 Å². The summed E-state index contributed by atoms with van der Waals surface area (Å²) in [6.45, 7) is 20.0. The summed E-state index contributed by atoms with van der Waals surface area (Å²) in [5.41, 5.74) is 5.91. The molecule has 6 nitrogen and oxygen atoms in total. The van der Waals surface area contributed by atoms with Crippen LogP contribution in [-0.2, 0) is 23.9 Å². The van der Waals surface area contributed by atoms with Gasteiger partial charge in [-0.15, -0.1) is 0 Å². The smallest absolute Gasteiger partial charge is 0.128 e. The highest BCUT2D eigenvalue weighted by Gasteiger charge is 2.27. The number of phenolic OH excluding ortho intramolecular Hbond substituents is 2. The summed E-state index contributed by atoms with van der Waals surface area (Å²) >= 11 is 0. The number of hydrogen-bond donors (Lipinski definition) is 4. The number of nitrogens with one attached hydrogen (secondary N) is 2. The van der Waals surface area contributed by atoms with E-state index in [0.717, 1.165) is 61.0 Å². The van der Waals surface area contributed by atoms with E-state index in [1.54, 1.807) is 9.80 Å². The molecule has 4 N–H and O–H groups in total. The first kappa shape index (κ1) is 34.6. The van der Waals surface area contributed by atoms with Crippen molar-refractivity contribution >= 4 is 12.4 Å². The van der Waals surface area contributed by atoms with Crippen molar-refractivity contribution in [2.24, 2.45) is 9.98 Å². The van der Waals surface area contributed by atoms with E-state index in [1.165, 1.54) is 75.8 Å². The van der Waals surface area contributed by atoms with Gasteiger partial charge in [0.25, 0.3) is 0 Å². The van der Waals surface area contributed by atoms with Gasteiger partial charge in [-0.05, 0) is 86.5 Å². The quantitative estimate of drug-likeness (QED) is 0.284. The molecule has 2 saturated heterocycles. The second-order valence-corrected chi connectivity index (χ2v) is 16.6. The van der Waals surface area contributed by atoms with E-state index in [-0.39, 0.29) is 22.9 Å². The summed E-state index contributed by atoms with van der Waals surface area (Å²) in [5.74, 6) is 0.716. The van der Waals surface area contributed by atoms with Gasteiger partial charge in [-0.25, -0.2) is 0 Å². The SMILES string of the molecule is CC(C)(C)c1cc(C[NH+]2CCCCC2)cc(C=N[C@@H]2CCCC[C@H]2N=Cc2cc(C[NH+]3CCCCC3)cc(C(C)(C)C)c2O)c1O. The second-order valence-electron chi connectivity index (χ2n) is 16.6. The van der Waals surface area contributed by atoms with Gasteiger partial charge in [0.15, 0.2) is 0 Å². The molecule has 3 fully saturated rings. The number of likely N-dealkylation sites (tertiary alicyclic amines) is 2. The van der Waals surface area contributed by atoms with Gasteiger partial charge in [0.2, 0.25) is 0 Å². The molecule has 3 aliphatic rings. The van der Waals surface area contributed by atoms with Crippen molar-refractivity contribution in [3.63, 3.8) is 0 Å². The molecule has 0 aromatic heterocycles. The fraction of sp³-hybridized carbons (Fsp3) is 0.650. The zero-order chi connectivity index (χ0) is 32.9. The lowest BCUT2D eigenvalue weighted by Crippen LogP contribution is -3.11. The summed E-state index contributed by atoms with van der Waals surface area (Å²) in [6.07, 6.45) is 16.0. The lowest BCUT2D eigenvalue weighted by Gasteiger charge is -2.27. The van der Waals surface area contributed by atoms with Crippen LogP contribution in [0.1, 0.15) is 139 Å². The first-order valence-electron chi connectivity index (χ1n) is 18.3. The lowest BCUT2D eigenvalue weighted by molar-refractivity contribution is -0.918. The fourth-order valence-corrected chi connectivity index (χ4v) is 7.81. The first-order chi connectivity index (χ1) is 21.9. The number of rotatable bonds is 8. The molecule has 1 saturated carbocycles. The third-order valence-electron chi connectivity index (χ3n) is 10.5. The molecule has 2 atom stereocenters. The minimum absolute atomic E-state index is 0.0593. The minimum atomic E-state index is -0.157. The molecule has 6 heteroatoms. The van der Waals surface area contributed by atoms with Crippen LogP contribution in [0.15, 0.2) is 34.3 Å². The summed E-state index contributed by atoms with van der Waals surface area (Å²) in [4.78, 5) is 13.5. The van der Waals surface area contributed by atoms with E-state index in [0.29, 0.717) is 11.5 Å². The highest BCUT2D eigenvalue weighted by Crippen LogP contribution is 2.36. The molecule has 252 valence electrons. The number of phenols is 2. The number of aromatic hydroxyl groups is 2. The Labute approximate surface area is 279 Å². The molecular formula is C40H62N4O2+2. The molecule has 5 rings (SSSR count). The highest BCUT2D eigenvalue weighted by atomic mass is 16.3. The topological polar surface area (TPSA) is 74.1 Å². The minimum Gasteiger partial charge on any atom is -0.507 e. The standard InChI is InChI=1S/C40H60N4O2/c1-39(2,3)33-23-29(27-43-17-11-7-12-18-43)21-31(37(33)45)25-41-35-15-9-10-16-36(35)42-26-32-22-30(28-44-19-13-8-14-20-44)24-34(38(32)46)40(4,5)6/h21-26,35-36,45-46H,7-20,27-28H2,1-6H3/p+2/t35-,36-/m1/s1. The predicted molar refractivity (Wildman–Crippen MR) is 191 cm³/mol. The molecule has 2 heterocycles. The molecule has 1 aliphatic carbocycles. The number of hydrogen-bond acceptors (Lipinski definition) is 4. The van der Waals surface area contributed by atoms with Crippen molar-refractivity contribution < 1.29 is 20.0 Å². The van der Waals surface area contributed by atoms with Crippen molar-refractivity contribution in [3.05, 3.63) is 57.6 Å². The highest BCUT2D eigenvalue weighted by molar-refractivity contribution is 5.86. The number of quaternary nitrogens is 2. The maximum absolute atomic E-state index is 11.4. The molecule has 2 aromatic rings. The third-order valence-corrected chi connectivity index (χ3v) is 10.5. The molecule has 2 aromatic carbocycles. The Morgan fingerprint density at radius 2 is 0.957 bits per heavy atom. The van der Waals surface area contributed by atoms with Crippen molar-refractivity contribution in [1.82, 2.24) is 0 Å². The molecule has 0 bridgehead atoms. The number of piperidine rings is 2. The molecule has 0 unspecified atom stereocenters. The van der Waals surface area contributed by atoms with Crippen LogP contribution in [0.3, 0.4) is 0 Å². The van der Waals surface area contributed by atoms with Crippen LogP contribution >= 0.6 is 0 Å². The van der Waals surface area contributed by atoms with Crippen molar-refractivity contribution in [2.45, 2.75) is 142 Å². The summed E-state index contributed by atoms with van der Waals surface area (Å²) in [7, 11) is 0. The summed E-state index contributed by atoms with van der Waals surface area (Å²) in [6, 6.07) is 8.90. The van der Waals surface area contributed by atoms with E-state index in [1.807, 2.05) is 12.4 Å². The summed E-state index contributed by atoms with van der Waals surface area (Å²) < 4.78 is 0. The van der Waals surface area contributed by atoms with Crippen LogP contribution in [0.25, 0.3) is 0 Å². The van der Waals surface area contributed by atoms with Gasteiger partial charge in [-0.2, -0.15) is 0 Å². The van der Waals surface area contributed by atoms with Crippen LogP contribution in [0.2, 0.25) is 0 Å². The van der Waals surface area contributed by atoms with Gasteiger partial charge in [0.05, 0.1) is 38.3 Å². The normalized spacial score (nSPS) is 22.7. The monoisotopic (exact) mass is 630 g/mol. The van der Waals surface area contributed by atoms with Gasteiger partial charge in [-0.3, -0.25) is 9.98 Å². The first-order valence-corrected chi connectivity index (χ1v) is 18.3. The van der Waals surface area contributed by atoms with Crippen LogP contribution < -0.4 is 9.80 Å². The molecular weight excluding hydrogens is 568 g/mol. The van der Waals surface area contributed by atoms with E-state index in [4.69, 9.17) is 9.98 Å². The zero-order valence-electron chi connectivity index (χ0n) is 29.7. The van der Waals surface area contributed by atoms with Crippen molar-refractivity contribution in [1.29, 1.82) is 0 Å². The van der Waals surface area contributed by atoms with E-state index in [9.17, 15) is 10.2 Å². The Bertz CT molecular complexity index is 1270. The lowest BCUT2D eigenvalue weighted by atomic mass is 9.84. The van der Waals surface area contributed by atoms with Crippen LogP contribution in [0.5, 0.6) is 11.5 Å². The van der Waals surface area contributed by atoms with Crippen LogP contribution in [0, 0.1) is 0 Å². The Balaban J connectivity index is 1.39. The Morgan fingerprint density at radius 3 is 1.30 bits per heavy atom. The Morgan fingerprint density at radius 1 is 0.587 bits per heavy atom. The zero-order valence-corrected chi connectivity index (χ0v) is 29.7.